The van der Waals surface area contributed by atoms with Crippen LogP contribution in [0.2, 0.25) is 0 Å². The van der Waals surface area contributed by atoms with E-state index in [1.54, 1.807) is 13.1 Å². The SMILES string of the molecule is CC[C@@H](N)C(=O)NNC(=O)N[C@@H](CCc1ccccc1)C(=O)N[C@@H](Cc1c[nH]c2ccccc12)C(N)=O. The van der Waals surface area contributed by atoms with Crippen molar-refractivity contribution in [3.63, 3.8) is 0 Å². The van der Waals surface area contributed by atoms with Crippen LogP contribution < -0.4 is 33.0 Å². The van der Waals surface area contributed by atoms with Crippen molar-refractivity contribution in [3.05, 3.63) is 71.9 Å². The monoisotopic (exact) mass is 507 g/mol. The summed E-state index contributed by atoms with van der Waals surface area (Å²) in [5.74, 6) is -1.84. The predicted molar refractivity (Wildman–Crippen MR) is 140 cm³/mol. The van der Waals surface area contributed by atoms with Crippen molar-refractivity contribution in [2.24, 2.45) is 11.5 Å². The first-order valence-corrected chi connectivity index (χ1v) is 12.1. The molecule has 0 fully saturated rings. The van der Waals surface area contributed by atoms with Crippen LogP contribution in [0.1, 0.15) is 30.9 Å². The van der Waals surface area contributed by atoms with E-state index in [1.165, 1.54) is 0 Å². The normalized spacial score (nSPS) is 13.2. The molecule has 1 heterocycles. The maximum absolute atomic E-state index is 13.2. The van der Waals surface area contributed by atoms with Crippen molar-refractivity contribution in [1.29, 1.82) is 0 Å². The molecule has 0 bridgehead atoms. The van der Waals surface area contributed by atoms with Crippen LogP contribution in [0, 0.1) is 0 Å². The fraction of sp³-hybridized carbons (Fsp3) is 0.308. The number of benzene rings is 2. The summed E-state index contributed by atoms with van der Waals surface area (Å²) in [5.41, 5.74) is 18.4. The third kappa shape index (κ3) is 7.80. The van der Waals surface area contributed by atoms with Gasteiger partial charge in [-0.3, -0.25) is 19.8 Å². The number of para-hydroxylation sites is 1. The number of carbonyl (C=O) groups is 4. The van der Waals surface area contributed by atoms with Gasteiger partial charge in [0.1, 0.15) is 12.1 Å². The van der Waals surface area contributed by atoms with Gasteiger partial charge in [0.25, 0.3) is 5.91 Å². The maximum Gasteiger partial charge on any atom is 0.334 e. The molecule has 5 amide bonds. The number of hydrogen-bond donors (Lipinski definition) is 7. The van der Waals surface area contributed by atoms with Crippen molar-refractivity contribution >= 4 is 34.7 Å². The van der Waals surface area contributed by atoms with Crippen LogP contribution in [0.25, 0.3) is 10.9 Å². The summed E-state index contributed by atoms with van der Waals surface area (Å²) in [7, 11) is 0. The molecule has 3 aromatic rings. The van der Waals surface area contributed by atoms with Crippen molar-refractivity contribution in [3.8, 4) is 0 Å². The van der Waals surface area contributed by atoms with E-state index in [1.807, 2.05) is 54.6 Å². The van der Waals surface area contributed by atoms with Crippen LogP contribution in [0.15, 0.2) is 60.8 Å². The van der Waals surface area contributed by atoms with Gasteiger partial charge >= 0.3 is 6.03 Å². The molecular weight excluding hydrogens is 474 g/mol. The summed E-state index contributed by atoms with van der Waals surface area (Å²) in [6, 6.07) is 13.5. The van der Waals surface area contributed by atoms with Crippen LogP contribution in [0.4, 0.5) is 4.79 Å². The average Bonchev–Trinajstić information content (AvgIpc) is 3.31. The van der Waals surface area contributed by atoms with Crippen LogP contribution in [-0.2, 0) is 27.2 Å². The summed E-state index contributed by atoms with van der Waals surface area (Å²) in [4.78, 5) is 52.9. The van der Waals surface area contributed by atoms with Gasteiger partial charge in [-0.25, -0.2) is 10.2 Å². The number of nitrogens with one attached hydrogen (secondary N) is 5. The average molecular weight is 508 g/mol. The molecule has 37 heavy (non-hydrogen) atoms. The number of aromatic nitrogens is 1. The first kappa shape index (κ1) is 27.2. The van der Waals surface area contributed by atoms with E-state index in [0.29, 0.717) is 12.8 Å². The lowest BCUT2D eigenvalue weighted by Crippen LogP contribution is -2.58. The minimum Gasteiger partial charge on any atom is -0.368 e. The fourth-order valence-corrected chi connectivity index (χ4v) is 3.83. The highest BCUT2D eigenvalue weighted by atomic mass is 16.2. The molecule has 11 nitrogen and oxygen atoms in total. The highest BCUT2D eigenvalue weighted by Crippen LogP contribution is 2.19. The summed E-state index contributed by atoms with van der Waals surface area (Å²) in [5, 5.41) is 6.15. The third-order valence-electron chi connectivity index (χ3n) is 6.02. The lowest BCUT2D eigenvalue weighted by Gasteiger charge is -2.22. The number of hydrogen-bond acceptors (Lipinski definition) is 5. The maximum atomic E-state index is 13.2. The summed E-state index contributed by atoms with van der Waals surface area (Å²) >= 11 is 0. The molecule has 11 heteroatoms. The Morgan fingerprint density at radius 1 is 0.892 bits per heavy atom. The molecule has 0 aliphatic heterocycles. The van der Waals surface area contributed by atoms with Gasteiger partial charge in [0, 0.05) is 23.5 Å². The molecule has 0 saturated heterocycles. The van der Waals surface area contributed by atoms with Gasteiger partial charge in [0.2, 0.25) is 11.8 Å². The number of nitrogens with two attached hydrogens (primary N) is 2. The number of H-pyrrole nitrogens is 1. The summed E-state index contributed by atoms with van der Waals surface area (Å²) in [6.07, 6.45) is 3.06. The Morgan fingerprint density at radius 2 is 1.59 bits per heavy atom. The first-order chi connectivity index (χ1) is 17.8. The van der Waals surface area contributed by atoms with Crippen molar-refractivity contribution in [2.75, 3.05) is 0 Å². The number of amides is 5. The zero-order valence-electron chi connectivity index (χ0n) is 20.6. The van der Waals surface area contributed by atoms with Gasteiger partial charge in [-0.2, -0.15) is 0 Å². The minimum absolute atomic E-state index is 0.174. The Balaban J connectivity index is 1.69. The Bertz CT molecular complexity index is 1230. The number of fused-ring (bicyclic) bond motifs is 1. The van der Waals surface area contributed by atoms with Crippen molar-refractivity contribution in [1.82, 2.24) is 26.5 Å². The molecule has 9 N–H and O–H groups in total. The highest BCUT2D eigenvalue weighted by molar-refractivity contribution is 5.92. The smallest absolute Gasteiger partial charge is 0.334 e. The lowest BCUT2D eigenvalue weighted by molar-refractivity contribution is -0.128. The Labute approximate surface area is 214 Å². The quantitative estimate of drug-likeness (QED) is 0.189. The molecule has 0 aliphatic rings. The summed E-state index contributed by atoms with van der Waals surface area (Å²) in [6.45, 7) is 1.74. The number of aryl methyl sites for hydroxylation is 1. The Morgan fingerprint density at radius 3 is 2.30 bits per heavy atom. The number of rotatable bonds is 11. The van der Waals surface area contributed by atoms with Crippen molar-refractivity contribution in [2.45, 2.75) is 50.7 Å². The van der Waals surface area contributed by atoms with Crippen LogP contribution in [0.5, 0.6) is 0 Å². The molecule has 2 aromatic carbocycles. The lowest BCUT2D eigenvalue weighted by atomic mass is 10.0. The van der Waals surface area contributed by atoms with Crippen LogP contribution in [-0.4, -0.2) is 46.9 Å². The molecule has 0 aliphatic carbocycles. The molecule has 0 saturated carbocycles. The molecule has 3 atom stereocenters. The number of primary amides is 1. The largest absolute Gasteiger partial charge is 0.368 e. The van der Waals surface area contributed by atoms with E-state index in [0.717, 1.165) is 22.0 Å². The molecule has 0 unspecified atom stereocenters. The number of carbonyl (C=O) groups excluding carboxylic acids is 4. The Hall–Kier alpha value is -4.38. The van der Waals surface area contributed by atoms with Crippen LogP contribution >= 0.6 is 0 Å². The van der Waals surface area contributed by atoms with E-state index < -0.39 is 41.9 Å². The highest BCUT2D eigenvalue weighted by Gasteiger charge is 2.27. The zero-order chi connectivity index (χ0) is 26.8. The standard InChI is InChI=1S/C26H33N7O4/c1-2-19(27)24(35)32-33-26(37)31-21(13-12-16-8-4-3-5-9-16)25(36)30-22(23(28)34)14-17-15-29-20-11-7-6-10-18(17)20/h3-11,15,19,21-22,29H,2,12-14,27H2,1H3,(H2,28,34)(H,30,36)(H,32,35)(H2,31,33,37)/t19-,21+,22+/m1/s1. The van der Waals surface area contributed by atoms with Gasteiger partial charge in [-0.15, -0.1) is 0 Å². The van der Waals surface area contributed by atoms with Crippen molar-refractivity contribution < 1.29 is 19.2 Å². The molecule has 3 rings (SSSR count). The van der Waals surface area contributed by atoms with E-state index >= 15 is 0 Å². The molecule has 0 radical (unpaired) electrons. The molecule has 1 aromatic heterocycles. The van der Waals surface area contributed by atoms with E-state index in [9.17, 15) is 19.2 Å². The van der Waals surface area contributed by atoms with Gasteiger partial charge in [-0.05, 0) is 36.5 Å². The molecule has 0 spiro atoms. The minimum atomic E-state index is -1.01. The zero-order valence-corrected chi connectivity index (χ0v) is 20.6. The third-order valence-corrected chi connectivity index (χ3v) is 6.02. The Kier molecular flexibility index (Phi) is 9.61. The second-order valence-electron chi connectivity index (χ2n) is 8.71. The molecular formula is C26H33N7O4. The topological polar surface area (TPSA) is 184 Å². The van der Waals surface area contributed by atoms with E-state index in [-0.39, 0.29) is 12.8 Å². The predicted octanol–water partition coefficient (Wildman–Crippen LogP) is 0.750. The number of urea groups is 1. The van der Waals surface area contributed by atoms with Gasteiger partial charge in [-0.1, -0.05) is 55.5 Å². The number of aromatic amines is 1. The van der Waals surface area contributed by atoms with Crippen LogP contribution in [0.3, 0.4) is 0 Å². The van der Waals surface area contributed by atoms with Gasteiger partial charge in [0.05, 0.1) is 6.04 Å². The van der Waals surface area contributed by atoms with E-state index in [2.05, 4.69) is 26.5 Å². The fourth-order valence-electron chi connectivity index (χ4n) is 3.83. The van der Waals surface area contributed by atoms with E-state index in [4.69, 9.17) is 11.5 Å². The van der Waals surface area contributed by atoms with Gasteiger partial charge in [0.15, 0.2) is 0 Å². The number of hydrazine groups is 1. The summed E-state index contributed by atoms with van der Waals surface area (Å²) < 4.78 is 0. The first-order valence-electron chi connectivity index (χ1n) is 12.1. The second kappa shape index (κ2) is 13.1. The second-order valence-corrected chi connectivity index (χ2v) is 8.71. The van der Waals surface area contributed by atoms with Gasteiger partial charge < -0.3 is 27.1 Å². The molecule has 196 valence electrons.